The van der Waals surface area contributed by atoms with E-state index < -0.39 is 42.2 Å². The van der Waals surface area contributed by atoms with Crippen LogP contribution >= 0.6 is 0 Å². The Morgan fingerprint density at radius 2 is 1.74 bits per heavy atom. The van der Waals surface area contributed by atoms with Crippen LogP contribution in [0.5, 0.6) is 5.75 Å². The van der Waals surface area contributed by atoms with E-state index in [9.17, 15) is 24.6 Å². The van der Waals surface area contributed by atoms with Gasteiger partial charge >= 0.3 is 6.09 Å². The number of aliphatic hydroxyl groups is 1. The number of aryl methyl sites for hydroxylation is 1. The number of carbonyl (C=O) groups is 3. The van der Waals surface area contributed by atoms with Gasteiger partial charge in [-0.05, 0) is 63.4 Å². The van der Waals surface area contributed by atoms with Gasteiger partial charge in [-0.2, -0.15) is 0 Å². The van der Waals surface area contributed by atoms with Crippen LogP contribution in [0.15, 0.2) is 48.5 Å². The minimum absolute atomic E-state index is 0.0554. The van der Waals surface area contributed by atoms with Crippen molar-refractivity contribution in [3.63, 3.8) is 0 Å². The van der Waals surface area contributed by atoms with Crippen molar-refractivity contribution < 1.29 is 29.3 Å². The highest BCUT2D eigenvalue weighted by Gasteiger charge is 2.36. The Bertz CT molecular complexity index is 1080. The lowest BCUT2D eigenvalue weighted by Crippen LogP contribution is -2.54. The van der Waals surface area contributed by atoms with Gasteiger partial charge in [0, 0.05) is 12.2 Å². The Morgan fingerprint density at radius 3 is 2.34 bits per heavy atom. The molecule has 2 rings (SSSR count). The number of unbranched alkanes of at least 4 members (excludes halogenated alkanes) is 3. The molecule has 9 nitrogen and oxygen atoms in total. The maximum absolute atomic E-state index is 13.8. The zero-order valence-electron chi connectivity index (χ0n) is 23.0. The van der Waals surface area contributed by atoms with E-state index in [0.29, 0.717) is 17.7 Å². The zero-order valence-corrected chi connectivity index (χ0v) is 23.0. The number of aromatic hydroxyl groups is 1. The van der Waals surface area contributed by atoms with Gasteiger partial charge in [0.1, 0.15) is 23.4 Å². The number of nitrogens with one attached hydrogen (secondary N) is 2. The third-order valence-corrected chi connectivity index (χ3v) is 5.86. The molecule has 38 heavy (non-hydrogen) atoms. The Morgan fingerprint density at radius 1 is 1.03 bits per heavy atom. The molecular weight excluding hydrogens is 486 g/mol. The van der Waals surface area contributed by atoms with Gasteiger partial charge in [-0.15, -0.1) is 0 Å². The Hall–Kier alpha value is -3.59. The fourth-order valence-electron chi connectivity index (χ4n) is 3.99. The molecule has 2 unspecified atom stereocenters. The molecule has 2 atom stereocenters. The van der Waals surface area contributed by atoms with Crippen LogP contribution in [0.1, 0.15) is 70.5 Å². The molecular formula is C29H41N3O6. The molecule has 2 aromatic carbocycles. The van der Waals surface area contributed by atoms with Crippen LogP contribution in [0.4, 0.5) is 10.5 Å². The highest BCUT2D eigenvalue weighted by molar-refractivity contribution is 5.99. The summed E-state index contributed by atoms with van der Waals surface area (Å²) in [7, 11) is 0. The first-order chi connectivity index (χ1) is 18.0. The maximum atomic E-state index is 13.8. The summed E-state index contributed by atoms with van der Waals surface area (Å²) in [6, 6.07) is 11.0. The highest BCUT2D eigenvalue weighted by atomic mass is 16.6. The van der Waals surface area contributed by atoms with Crippen molar-refractivity contribution in [2.24, 2.45) is 0 Å². The summed E-state index contributed by atoms with van der Waals surface area (Å²) in [5.74, 6) is -1.18. The van der Waals surface area contributed by atoms with Crippen LogP contribution in [0.2, 0.25) is 0 Å². The fraction of sp³-hybridized carbons (Fsp3) is 0.483. The molecule has 0 aliphatic heterocycles. The third kappa shape index (κ3) is 9.37. The summed E-state index contributed by atoms with van der Waals surface area (Å²) in [5.41, 5.74) is 1.03. The molecule has 0 bridgehead atoms. The van der Waals surface area contributed by atoms with Crippen LogP contribution in [-0.4, -0.2) is 57.8 Å². The van der Waals surface area contributed by atoms with Crippen LogP contribution in [0.25, 0.3) is 0 Å². The number of carbonyl (C=O) groups excluding carboxylic acids is 3. The smallest absolute Gasteiger partial charge is 0.408 e. The van der Waals surface area contributed by atoms with E-state index in [-0.39, 0.29) is 12.3 Å². The van der Waals surface area contributed by atoms with Gasteiger partial charge in [0.05, 0.1) is 6.61 Å². The van der Waals surface area contributed by atoms with Gasteiger partial charge in [0.25, 0.3) is 5.91 Å². The van der Waals surface area contributed by atoms with Crippen molar-refractivity contribution in [3.8, 4) is 5.75 Å². The lowest BCUT2D eigenvalue weighted by Gasteiger charge is -2.34. The Kier molecular flexibility index (Phi) is 11.6. The predicted molar refractivity (Wildman–Crippen MR) is 147 cm³/mol. The number of para-hydroxylation sites is 1. The van der Waals surface area contributed by atoms with E-state index in [1.165, 1.54) is 17.0 Å². The van der Waals surface area contributed by atoms with Crippen LogP contribution in [0, 0.1) is 6.92 Å². The lowest BCUT2D eigenvalue weighted by molar-refractivity contribution is -0.141. The average Bonchev–Trinajstić information content (AvgIpc) is 2.84. The number of nitrogens with zero attached hydrogens (tertiary/aromatic N) is 1. The maximum Gasteiger partial charge on any atom is 0.408 e. The third-order valence-electron chi connectivity index (χ3n) is 5.86. The van der Waals surface area contributed by atoms with Crippen LogP contribution < -0.4 is 10.6 Å². The quantitative estimate of drug-likeness (QED) is 0.297. The number of hydrogen-bond donors (Lipinski definition) is 4. The van der Waals surface area contributed by atoms with Crippen molar-refractivity contribution in [1.29, 1.82) is 0 Å². The van der Waals surface area contributed by atoms with Crippen molar-refractivity contribution in [3.05, 3.63) is 59.7 Å². The summed E-state index contributed by atoms with van der Waals surface area (Å²) in [4.78, 5) is 41.4. The first-order valence-corrected chi connectivity index (χ1v) is 13.0. The number of phenols is 1. The van der Waals surface area contributed by atoms with Crippen molar-refractivity contribution in [2.75, 3.05) is 18.5 Å². The van der Waals surface area contributed by atoms with E-state index in [1.807, 2.05) is 19.1 Å². The van der Waals surface area contributed by atoms with Crippen LogP contribution in [0.3, 0.4) is 0 Å². The second-order valence-corrected chi connectivity index (χ2v) is 10.3. The number of ether oxygens (including phenoxy) is 1. The molecule has 0 saturated heterocycles. The number of anilines is 1. The van der Waals surface area contributed by atoms with Gasteiger partial charge in [0.2, 0.25) is 5.91 Å². The number of phenolic OH excluding ortho intramolecular Hbond substituents is 1. The Balaban J connectivity index is 2.48. The molecule has 4 N–H and O–H groups in total. The van der Waals surface area contributed by atoms with E-state index >= 15 is 0 Å². The average molecular weight is 528 g/mol. The standard InChI is InChI=1S/C29H41N3O6/c1-6-7-8-11-17-32(27(36)24(19-33)31-28(37)38-29(3,4)5)25(21-14-12-15-22(34)18-21)26(35)30-23-16-10-9-13-20(23)2/h9-10,12-16,18,24-25,33-34H,6-8,11,17,19H2,1-5H3,(H,30,35)(H,31,37). The number of hydrogen-bond acceptors (Lipinski definition) is 6. The van der Waals surface area contributed by atoms with Gasteiger partial charge in [0.15, 0.2) is 0 Å². The molecule has 0 radical (unpaired) electrons. The van der Waals surface area contributed by atoms with E-state index in [1.54, 1.807) is 45.0 Å². The molecule has 0 aliphatic carbocycles. The summed E-state index contributed by atoms with van der Waals surface area (Å²) in [6.07, 6.45) is 2.52. The van der Waals surface area contributed by atoms with Crippen molar-refractivity contribution >= 4 is 23.6 Å². The molecule has 0 heterocycles. The number of amides is 3. The number of rotatable bonds is 12. The van der Waals surface area contributed by atoms with Crippen LogP contribution in [-0.2, 0) is 14.3 Å². The van der Waals surface area contributed by atoms with Crippen molar-refractivity contribution in [2.45, 2.75) is 78.0 Å². The van der Waals surface area contributed by atoms with Gasteiger partial charge < -0.3 is 30.5 Å². The highest BCUT2D eigenvalue weighted by Crippen LogP contribution is 2.28. The minimum Gasteiger partial charge on any atom is -0.508 e. The predicted octanol–water partition coefficient (Wildman–Crippen LogP) is 4.67. The van der Waals surface area contributed by atoms with Crippen molar-refractivity contribution in [1.82, 2.24) is 10.2 Å². The molecule has 9 heteroatoms. The van der Waals surface area contributed by atoms with E-state index in [4.69, 9.17) is 4.74 Å². The summed E-state index contributed by atoms with van der Waals surface area (Å²) in [5, 5.41) is 25.6. The molecule has 0 saturated carbocycles. The van der Waals surface area contributed by atoms with Gasteiger partial charge in [-0.1, -0.05) is 56.5 Å². The summed E-state index contributed by atoms with van der Waals surface area (Å²) < 4.78 is 5.27. The molecule has 0 fully saturated rings. The molecule has 2 aromatic rings. The molecule has 3 amide bonds. The summed E-state index contributed by atoms with van der Waals surface area (Å²) >= 11 is 0. The first-order valence-electron chi connectivity index (χ1n) is 13.0. The number of aliphatic hydroxyl groups excluding tert-OH is 1. The van der Waals surface area contributed by atoms with E-state index in [2.05, 4.69) is 17.6 Å². The topological polar surface area (TPSA) is 128 Å². The van der Waals surface area contributed by atoms with E-state index in [0.717, 1.165) is 24.8 Å². The van der Waals surface area contributed by atoms with Gasteiger partial charge in [-0.25, -0.2) is 4.79 Å². The van der Waals surface area contributed by atoms with Gasteiger partial charge in [-0.3, -0.25) is 9.59 Å². The monoisotopic (exact) mass is 527 g/mol. The number of alkyl carbamates (subject to hydrolysis) is 1. The first kappa shape index (κ1) is 30.6. The second kappa shape index (κ2) is 14.4. The molecule has 0 aliphatic rings. The second-order valence-electron chi connectivity index (χ2n) is 10.3. The number of benzene rings is 2. The molecule has 0 aromatic heterocycles. The SMILES string of the molecule is CCCCCCN(C(=O)C(CO)NC(=O)OC(C)(C)C)C(C(=O)Nc1ccccc1C)c1cccc(O)c1. The fourth-order valence-corrected chi connectivity index (χ4v) is 3.99. The normalized spacial score (nSPS) is 12.8. The zero-order chi connectivity index (χ0) is 28.3. The minimum atomic E-state index is -1.33. The molecule has 0 spiro atoms. The summed E-state index contributed by atoms with van der Waals surface area (Å²) in [6.45, 7) is 8.52. The molecule has 208 valence electrons. The lowest BCUT2D eigenvalue weighted by atomic mass is 10.0. The largest absolute Gasteiger partial charge is 0.508 e. The Labute approximate surface area is 225 Å².